The minimum atomic E-state index is 0.655. The highest BCUT2D eigenvalue weighted by atomic mass is 127. The van der Waals surface area contributed by atoms with Crippen LogP contribution in [-0.4, -0.2) is 9.38 Å². The third-order valence-corrected chi connectivity index (χ3v) is 3.60. The van der Waals surface area contributed by atoms with Crippen molar-refractivity contribution in [3.63, 3.8) is 0 Å². The fraction of sp³-hybridized carbons (Fsp3) is 0. The van der Waals surface area contributed by atoms with Gasteiger partial charge in [0.1, 0.15) is 16.5 Å². The van der Waals surface area contributed by atoms with Crippen molar-refractivity contribution in [1.82, 2.24) is 9.38 Å². The number of pyridine rings is 1. The summed E-state index contributed by atoms with van der Waals surface area (Å²) in [6.07, 6.45) is 1.92. The van der Waals surface area contributed by atoms with Gasteiger partial charge in [0, 0.05) is 15.3 Å². The summed E-state index contributed by atoms with van der Waals surface area (Å²) < 4.78 is 3.06. The molecule has 3 aromatic rings. The van der Waals surface area contributed by atoms with E-state index in [1.54, 1.807) is 0 Å². The number of fused-ring (bicyclic) bond motifs is 1. The van der Waals surface area contributed by atoms with Crippen LogP contribution in [0.15, 0.2) is 48.7 Å². The molecule has 2 aromatic heterocycles. The second kappa shape index (κ2) is 4.31. The fourth-order valence-corrected chi connectivity index (χ4v) is 2.62. The summed E-state index contributed by atoms with van der Waals surface area (Å²) >= 11 is 8.63. The zero-order chi connectivity index (χ0) is 11.8. The normalized spacial score (nSPS) is 10.9. The zero-order valence-electron chi connectivity index (χ0n) is 8.77. The number of hydrogen-bond donors (Lipinski definition) is 0. The molecule has 0 radical (unpaired) electrons. The topological polar surface area (TPSA) is 17.3 Å². The van der Waals surface area contributed by atoms with Crippen molar-refractivity contribution in [3.8, 4) is 11.3 Å². The van der Waals surface area contributed by atoms with E-state index in [1.807, 2.05) is 47.0 Å². The van der Waals surface area contributed by atoms with E-state index in [4.69, 9.17) is 11.6 Å². The predicted octanol–water partition coefficient (Wildman–Crippen LogP) is 4.26. The van der Waals surface area contributed by atoms with E-state index < -0.39 is 0 Å². The second-order valence-electron chi connectivity index (χ2n) is 3.69. The van der Waals surface area contributed by atoms with Gasteiger partial charge in [-0.2, -0.15) is 0 Å². The van der Waals surface area contributed by atoms with Gasteiger partial charge in [0.05, 0.1) is 0 Å². The van der Waals surface area contributed by atoms with Crippen molar-refractivity contribution >= 4 is 39.8 Å². The lowest BCUT2D eigenvalue weighted by Gasteiger charge is -1.98. The molecule has 0 unspecified atom stereocenters. The van der Waals surface area contributed by atoms with Crippen molar-refractivity contribution in [3.05, 3.63) is 57.4 Å². The molecule has 0 fully saturated rings. The molecule has 0 spiro atoms. The number of hydrogen-bond acceptors (Lipinski definition) is 1. The van der Waals surface area contributed by atoms with Crippen molar-refractivity contribution in [1.29, 1.82) is 0 Å². The van der Waals surface area contributed by atoms with E-state index in [0.29, 0.717) is 5.15 Å². The number of nitrogens with zero attached hydrogens (tertiary/aromatic N) is 2. The number of aromatic nitrogens is 2. The van der Waals surface area contributed by atoms with Gasteiger partial charge in [-0.3, -0.25) is 4.40 Å². The van der Waals surface area contributed by atoms with E-state index in [0.717, 1.165) is 16.9 Å². The van der Waals surface area contributed by atoms with E-state index in [1.165, 1.54) is 3.57 Å². The van der Waals surface area contributed by atoms with Gasteiger partial charge >= 0.3 is 0 Å². The van der Waals surface area contributed by atoms with Gasteiger partial charge in [-0.25, -0.2) is 4.98 Å². The summed E-state index contributed by atoms with van der Waals surface area (Å²) in [5.74, 6) is 0. The lowest BCUT2D eigenvalue weighted by atomic mass is 10.2. The molecular weight excluding hydrogens is 347 g/mol. The van der Waals surface area contributed by atoms with Crippen molar-refractivity contribution in [2.45, 2.75) is 0 Å². The van der Waals surface area contributed by atoms with Crippen LogP contribution < -0.4 is 0 Å². The first-order valence-electron chi connectivity index (χ1n) is 5.14. The number of benzene rings is 1. The molecule has 0 aliphatic rings. The van der Waals surface area contributed by atoms with Gasteiger partial charge in [0.2, 0.25) is 0 Å². The molecule has 0 saturated heterocycles. The average molecular weight is 355 g/mol. The molecule has 0 bridgehead atoms. The highest BCUT2D eigenvalue weighted by Gasteiger charge is 2.11. The molecule has 0 aliphatic heterocycles. The van der Waals surface area contributed by atoms with Crippen LogP contribution in [0.1, 0.15) is 0 Å². The molecule has 4 heteroatoms. The van der Waals surface area contributed by atoms with Crippen molar-refractivity contribution in [2.75, 3.05) is 0 Å². The number of halogens is 2. The summed E-state index contributed by atoms with van der Waals surface area (Å²) in [6, 6.07) is 14.0. The van der Waals surface area contributed by atoms with Gasteiger partial charge in [-0.05, 0) is 46.9 Å². The minimum absolute atomic E-state index is 0.655. The van der Waals surface area contributed by atoms with Crippen LogP contribution in [0.25, 0.3) is 16.9 Å². The predicted molar refractivity (Wildman–Crippen MR) is 78.4 cm³/mol. The van der Waals surface area contributed by atoms with Crippen LogP contribution in [-0.2, 0) is 0 Å². The maximum absolute atomic E-state index is 6.34. The van der Waals surface area contributed by atoms with Gasteiger partial charge in [0.25, 0.3) is 0 Å². The molecule has 0 atom stereocenters. The summed E-state index contributed by atoms with van der Waals surface area (Å²) in [6.45, 7) is 0. The van der Waals surface area contributed by atoms with Crippen LogP contribution >= 0.6 is 34.2 Å². The number of imidazole rings is 1. The monoisotopic (exact) mass is 354 g/mol. The molecule has 2 nitrogen and oxygen atoms in total. The standard InChI is InChI=1S/C13H8ClIN2/c14-13-12(9-4-3-5-10(15)8-9)16-11-6-1-2-7-17(11)13/h1-8H. The first-order valence-corrected chi connectivity index (χ1v) is 6.60. The maximum Gasteiger partial charge on any atom is 0.141 e. The Morgan fingerprint density at radius 1 is 1.12 bits per heavy atom. The highest BCUT2D eigenvalue weighted by molar-refractivity contribution is 14.1. The average Bonchev–Trinajstić information content (AvgIpc) is 2.68. The van der Waals surface area contributed by atoms with E-state index in [2.05, 4.69) is 33.6 Å². The smallest absolute Gasteiger partial charge is 0.141 e. The summed E-state index contributed by atoms with van der Waals surface area (Å²) in [4.78, 5) is 4.55. The zero-order valence-corrected chi connectivity index (χ0v) is 11.7. The van der Waals surface area contributed by atoms with Crippen molar-refractivity contribution < 1.29 is 0 Å². The molecule has 84 valence electrons. The summed E-state index contributed by atoms with van der Waals surface area (Å²) in [7, 11) is 0. The Morgan fingerprint density at radius 3 is 2.76 bits per heavy atom. The van der Waals surface area contributed by atoms with Crippen LogP contribution in [0.2, 0.25) is 5.15 Å². The quantitative estimate of drug-likeness (QED) is 0.597. The number of rotatable bonds is 1. The van der Waals surface area contributed by atoms with Crippen LogP contribution in [0.3, 0.4) is 0 Å². The summed E-state index contributed by atoms with van der Waals surface area (Å²) in [5, 5.41) is 0.655. The fourth-order valence-electron chi connectivity index (χ4n) is 1.79. The molecular formula is C13H8ClIN2. The van der Waals surface area contributed by atoms with E-state index in [-0.39, 0.29) is 0 Å². The third kappa shape index (κ3) is 1.93. The Hall–Kier alpha value is -1.07. The van der Waals surface area contributed by atoms with Crippen LogP contribution in [0.4, 0.5) is 0 Å². The highest BCUT2D eigenvalue weighted by Crippen LogP contribution is 2.28. The Balaban J connectivity index is 2.27. The maximum atomic E-state index is 6.34. The second-order valence-corrected chi connectivity index (χ2v) is 5.29. The molecule has 0 amide bonds. The molecule has 17 heavy (non-hydrogen) atoms. The lowest BCUT2D eigenvalue weighted by Crippen LogP contribution is -1.82. The van der Waals surface area contributed by atoms with Gasteiger partial charge < -0.3 is 0 Å². The Bertz CT molecular complexity index is 691. The molecule has 0 aliphatic carbocycles. The minimum Gasteiger partial charge on any atom is -0.290 e. The lowest BCUT2D eigenvalue weighted by molar-refractivity contribution is 1.19. The third-order valence-electron chi connectivity index (χ3n) is 2.57. The first-order chi connectivity index (χ1) is 8.25. The van der Waals surface area contributed by atoms with Crippen LogP contribution in [0, 0.1) is 3.57 Å². The SMILES string of the molecule is Clc1c(-c2cccc(I)c2)nc2ccccn12. The van der Waals surface area contributed by atoms with Gasteiger partial charge in [-0.1, -0.05) is 29.8 Å². The van der Waals surface area contributed by atoms with E-state index in [9.17, 15) is 0 Å². The van der Waals surface area contributed by atoms with E-state index >= 15 is 0 Å². The Morgan fingerprint density at radius 2 is 2.00 bits per heavy atom. The molecule has 2 heterocycles. The molecule has 3 rings (SSSR count). The molecule has 0 saturated carbocycles. The summed E-state index contributed by atoms with van der Waals surface area (Å²) in [5.41, 5.74) is 2.74. The first kappa shape index (κ1) is 11.0. The Labute approximate surface area is 117 Å². The van der Waals surface area contributed by atoms with Crippen LogP contribution in [0.5, 0.6) is 0 Å². The van der Waals surface area contributed by atoms with Gasteiger partial charge in [0.15, 0.2) is 0 Å². The molecule has 1 aromatic carbocycles. The Kier molecular flexibility index (Phi) is 2.80. The van der Waals surface area contributed by atoms with Gasteiger partial charge in [-0.15, -0.1) is 0 Å². The van der Waals surface area contributed by atoms with Crippen molar-refractivity contribution in [2.24, 2.45) is 0 Å². The molecule has 0 N–H and O–H groups in total. The largest absolute Gasteiger partial charge is 0.290 e.